The van der Waals surface area contributed by atoms with Crippen molar-refractivity contribution >= 4 is 0 Å². The van der Waals surface area contributed by atoms with Crippen molar-refractivity contribution in [2.24, 2.45) is 0 Å². The molecule has 0 spiro atoms. The molecule has 16 heavy (non-hydrogen) atoms. The van der Waals surface area contributed by atoms with Crippen molar-refractivity contribution < 1.29 is 9.47 Å². The van der Waals surface area contributed by atoms with Crippen LogP contribution >= 0.6 is 0 Å². The molecule has 2 heteroatoms. The Bertz CT molecular complexity index is 172. The first-order valence-electron chi connectivity index (χ1n) is 6.81. The molecule has 0 saturated carbocycles. The standard InChI is InChI=1S/C14H26O2/c1-2-3-4-5-6-7-9-12-15-14-11-8-10-13-16-14/h6-7,14H,2-5,8-13H2,1H3/b7-6-. The van der Waals surface area contributed by atoms with Gasteiger partial charge in [-0.05, 0) is 38.5 Å². The molecule has 0 aliphatic carbocycles. The minimum atomic E-state index is 0.0715. The third kappa shape index (κ3) is 7.02. The van der Waals surface area contributed by atoms with Gasteiger partial charge in [0.05, 0.1) is 6.61 Å². The van der Waals surface area contributed by atoms with Crippen molar-refractivity contribution in [3.05, 3.63) is 12.2 Å². The van der Waals surface area contributed by atoms with Gasteiger partial charge in [0, 0.05) is 6.61 Å². The second-order valence-electron chi connectivity index (χ2n) is 4.42. The molecule has 2 nitrogen and oxygen atoms in total. The molecule has 0 aromatic carbocycles. The highest BCUT2D eigenvalue weighted by Crippen LogP contribution is 2.13. The van der Waals surface area contributed by atoms with E-state index in [0.29, 0.717) is 0 Å². The number of hydrogen-bond acceptors (Lipinski definition) is 2. The monoisotopic (exact) mass is 226 g/mol. The average Bonchev–Trinajstić information content (AvgIpc) is 2.34. The van der Waals surface area contributed by atoms with E-state index in [1.807, 2.05) is 0 Å². The average molecular weight is 226 g/mol. The summed E-state index contributed by atoms with van der Waals surface area (Å²) in [5.74, 6) is 0. The molecule has 94 valence electrons. The predicted octanol–water partition coefficient (Wildman–Crippen LogP) is 4.06. The summed E-state index contributed by atoms with van der Waals surface area (Å²) in [6.45, 7) is 3.91. The van der Waals surface area contributed by atoms with E-state index in [0.717, 1.165) is 26.1 Å². The minimum Gasteiger partial charge on any atom is -0.353 e. The second kappa shape index (κ2) is 9.86. The van der Waals surface area contributed by atoms with Gasteiger partial charge in [-0.1, -0.05) is 31.9 Å². The number of ether oxygens (including phenoxy) is 2. The molecule has 1 aliphatic heterocycles. The summed E-state index contributed by atoms with van der Waals surface area (Å²) >= 11 is 0. The number of rotatable bonds is 8. The molecule has 0 aromatic heterocycles. The zero-order valence-electron chi connectivity index (χ0n) is 10.6. The Morgan fingerprint density at radius 2 is 2.06 bits per heavy atom. The molecule has 1 atom stereocenters. The molecule has 0 radical (unpaired) electrons. The van der Waals surface area contributed by atoms with Crippen LogP contribution in [0.2, 0.25) is 0 Å². The van der Waals surface area contributed by atoms with Crippen LogP contribution in [0.5, 0.6) is 0 Å². The van der Waals surface area contributed by atoms with Crippen molar-refractivity contribution in [1.82, 2.24) is 0 Å². The van der Waals surface area contributed by atoms with E-state index in [-0.39, 0.29) is 6.29 Å². The van der Waals surface area contributed by atoms with Crippen LogP contribution in [0.15, 0.2) is 12.2 Å². The summed E-state index contributed by atoms with van der Waals surface area (Å²) in [7, 11) is 0. The van der Waals surface area contributed by atoms with Crippen LogP contribution in [0.4, 0.5) is 0 Å². The lowest BCUT2D eigenvalue weighted by Gasteiger charge is -2.22. The van der Waals surface area contributed by atoms with Gasteiger partial charge in [-0.3, -0.25) is 0 Å². The van der Waals surface area contributed by atoms with E-state index in [1.54, 1.807) is 0 Å². The van der Waals surface area contributed by atoms with Crippen molar-refractivity contribution in [2.75, 3.05) is 13.2 Å². The maximum atomic E-state index is 5.64. The van der Waals surface area contributed by atoms with Crippen molar-refractivity contribution in [1.29, 1.82) is 0 Å². The number of hydrogen-bond donors (Lipinski definition) is 0. The van der Waals surface area contributed by atoms with E-state index in [2.05, 4.69) is 19.1 Å². The van der Waals surface area contributed by atoms with Gasteiger partial charge in [0.15, 0.2) is 6.29 Å². The fraction of sp³-hybridized carbons (Fsp3) is 0.857. The maximum absolute atomic E-state index is 5.64. The largest absolute Gasteiger partial charge is 0.353 e. The fourth-order valence-electron chi connectivity index (χ4n) is 1.86. The highest BCUT2D eigenvalue weighted by molar-refractivity contribution is 4.81. The maximum Gasteiger partial charge on any atom is 0.157 e. The third-order valence-electron chi connectivity index (χ3n) is 2.87. The highest BCUT2D eigenvalue weighted by atomic mass is 16.7. The summed E-state index contributed by atoms with van der Waals surface area (Å²) in [4.78, 5) is 0. The first-order valence-corrected chi connectivity index (χ1v) is 6.81. The van der Waals surface area contributed by atoms with Crippen LogP contribution in [0.3, 0.4) is 0 Å². The van der Waals surface area contributed by atoms with Gasteiger partial charge in [-0.2, -0.15) is 0 Å². The van der Waals surface area contributed by atoms with E-state index in [4.69, 9.17) is 9.47 Å². The topological polar surface area (TPSA) is 18.5 Å². The van der Waals surface area contributed by atoms with E-state index in [1.165, 1.54) is 38.5 Å². The fourth-order valence-corrected chi connectivity index (χ4v) is 1.86. The Morgan fingerprint density at radius 1 is 1.19 bits per heavy atom. The first-order chi connectivity index (χ1) is 7.93. The van der Waals surface area contributed by atoms with Gasteiger partial charge in [0.2, 0.25) is 0 Å². The Morgan fingerprint density at radius 3 is 2.81 bits per heavy atom. The van der Waals surface area contributed by atoms with Gasteiger partial charge in [0.25, 0.3) is 0 Å². The van der Waals surface area contributed by atoms with Crippen LogP contribution in [-0.4, -0.2) is 19.5 Å². The van der Waals surface area contributed by atoms with E-state index < -0.39 is 0 Å². The molecular formula is C14H26O2. The molecule has 1 unspecified atom stereocenters. The Labute approximate surface area is 100 Å². The van der Waals surface area contributed by atoms with Gasteiger partial charge < -0.3 is 9.47 Å². The van der Waals surface area contributed by atoms with Crippen LogP contribution in [0, 0.1) is 0 Å². The zero-order valence-corrected chi connectivity index (χ0v) is 10.6. The number of allylic oxidation sites excluding steroid dienone is 1. The van der Waals surface area contributed by atoms with E-state index >= 15 is 0 Å². The molecule has 1 saturated heterocycles. The molecule has 0 bridgehead atoms. The van der Waals surface area contributed by atoms with Crippen LogP contribution < -0.4 is 0 Å². The normalized spacial score (nSPS) is 21.7. The van der Waals surface area contributed by atoms with Gasteiger partial charge in [-0.15, -0.1) is 0 Å². The van der Waals surface area contributed by atoms with Crippen molar-refractivity contribution in [3.8, 4) is 0 Å². The molecule has 0 amide bonds. The second-order valence-corrected chi connectivity index (χ2v) is 4.42. The number of unbranched alkanes of at least 4 members (excludes halogenated alkanes) is 3. The first kappa shape index (κ1) is 13.7. The molecule has 1 heterocycles. The summed E-state index contributed by atoms with van der Waals surface area (Å²) in [5, 5.41) is 0. The highest BCUT2D eigenvalue weighted by Gasteiger charge is 2.12. The van der Waals surface area contributed by atoms with Crippen LogP contribution in [0.1, 0.15) is 58.3 Å². The lowest BCUT2D eigenvalue weighted by molar-refractivity contribution is -0.161. The van der Waals surface area contributed by atoms with Gasteiger partial charge in [0.1, 0.15) is 0 Å². The molecule has 1 rings (SSSR count). The summed E-state index contributed by atoms with van der Waals surface area (Å²) < 4.78 is 11.1. The SMILES string of the molecule is CCCCC/C=C\CCOC1CCCCO1. The zero-order chi connectivity index (χ0) is 11.5. The molecule has 0 N–H and O–H groups in total. The summed E-state index contributed by atoms with van der Waals surface area (Å²) in [5.41, 5.74) is 0. The Balaban J connectivity index is 1.86. The lowest BCUT2D eigenvalue weighted by atomic mass is 10.2. The van der Waals surface area contributed by atoms with Gasteiger partial charge in [-0.25, -0.2) is 0 Å². The van der Waals surface area contributed by atoms with Crippen LogP contribution in [0.25, 0.3) is 0 Å². The predicted molar refractivity (Wildman–Crippen MR) is 67.4 cm³/mol. The Kier molecular flexibility index (Phi) is 8.45. The molecule has 0 aromatic rings. The Hall–Kier alpha value is -0.340. The van der Waals surface area contributed by atoms with E-state index in [9.17, 15) is 0 Å². The van der Waals surface area contributed by atoms with Crippen molar-refractivity contribution in [2.45, 2.75) is 64.6 Å². The van der Waals surface area contributed by atoms with Crippen molar-refractivity contribution in [3.63, 3.8) is 0 Å². The molecule has 1 fully saturated rings. The third-order valence-corrected chi connectivity index (χ3v) is 2.87. The molecule has 1 aliphatic rings. The smallest absolute Gasteiger partial charge is 0.157 e. The molecular weight excluding hydrogens is 200 g/mol. The quantitative estimate of drug-likeness (QED) is 0.459. The van der Waals surface area contributed by atoms with Gasteiger partial charge >= 0.3 is 0 Å². The minimum absolute atomic E-state index is 0.0715. The summed E-state index contributed by atoms with van der Waals surface area (Å²) in [6.07, 6.45) is 14.3. The van der Waals surface area contributed by atoms with Crippen LogP contribution in [-0.2, 0) is 9.47 Å². The summed E-state index contributed by atoms with van der Waals surface area (Å²) in [6, 6.07) is 0. The lowest BCUT2D eigenvalue weighted by Crippen LogP contribution is -2.22.